The van der Waals surface area contributed by atoms with E-state index in [1.54, 1.807) is 24.6 Å². The summed E-state index contributed by atoms with van der Waals surface area (Å²) in [6.07, 6.45) is 8.28. The molecule has 0 amide bonds. The van der Waals surface area contributed by atoms with Crippen molar-refractivity contribution < 1.29 is 4.74 Å². The van der Waals surface area contributed by atoms with Gasteiger partial charge < -0.3 is 4.74 Å². The lowest BCUT2D eigenvalue weighted by Gasteiger charge is -2.21. The van der Waals surface area contributed by atoms with E-state index in [4.69, 9.17) is 9.72 Å². The summed E-state index contributed by atoms with van der Waals surface area (Å²) in [7, 11) is 1.67. The molecule has 0 radical (unpaired) electrons. The predicted molar refractivity (Wildman–Crippen MR) is 93.0 cm³/mol. The number of hydrogen-bond donors (Lipinski definition) is 0. The summed E-state index contributed by atoms with van der Waals surface area (Å²) >= 11 is 1.69. The highest BCUT2D eigenvalue weighted by atomic mass is 32.1. The van der Waals surface area contributed by atoms with E-state index in [-0.39, 0.29) is 0 Å². The molecule has 0 N–H and O–H groups in total. The number of pyridine rings is 1. The Morgan fingerprint density at radius 3 is 2.74 bits per heavy atom. The Hall–Kier alpha value is -2.01. The molecule has 118 valence electrons. The van der Waals surface area contributed by atoms with E-state index in [1.165, 1.54) is 37.7 Å². The van der Waals surface area contributed by atoms with Crippen LogP contribution in [0.5, 0.6) is 5.88 Å². The molecule has 3 heterocycles. The highest BCUT2D eigenvalue weighted by molar-refractivity contribution is 7.17. The number of thiophene rings is 1. The first-order chi connectivity index (χ1) is 11.4. The van der Waals surface area contributed by atoms with E-state index in [2.05, 4.69) is 15.3 Å². The average molecular weight is 325 g/mol. The lowest BCUT2D eigenvalue weighted by Crippen LogP contribution is -2.05. The molecule has 0 unspecified atom stereocenters. The standard InChI is InChI=1S/C18H19N3OS/c1-22-18-16-15(13(11-23-16)12-7-3-2-4-8-12)20-17(21-18)14-9-5-6-10-19-14/h5-6,9-12H,2-4,7-8H2,1H3. The van der Waals surface area contributed by atoms with Crippen molar-refractivity contribution in [1.29, 1.82) is 0 Å². The van der Waals surface area contributed by atoms with Gasteiger partial charge in [-0.2, -0.15) is 4.98 Å². The summed E-state index contributed by atoms with van der Waals surface area (Å²) in [5.74, 6) is 1.92. The Balaban J connectivity index is 1.86. The minimum absolute atomic E-state index is 0.619. The molecule has 0 spiro atoms. The average Bonchev–Trinajstić information content (AvgIpc) is 3.06. The monoisotopic (exact) mass is 325 g/mol. The van der Waals surface area contributed by atoms with Crippen LogP contribution in [0.15, 0.2) is 29.8 Å². The van der Waals surface area contributed by atoms with Crippen LogP contribution in [-0.2, 0) is 0 Å². The largest absolute Gasteiger partial charge is 0.480 e. The summed E-state index contributed by atoms with van der Waals surface area (Å²) < 4.78 is 6.57. The van der Waals surface area contributed by atoms with E-state index >= 15 is 0 Å². The first kappa shape index (κ1) is 14.6. The summed E-state index contributed by atoms with van der Waals surface area (Å²) in [6.45, 7) is 0. The van der Waals surface area contributed by atoms with Gasteiger partial charge in [-0.3, -0.25) is 4.98 Å². The van der Waals surface area contributed by atoms with Crippen molar-refractivity contribution in [3.63, 3.8) is 0 Å². The van der Waals surface area contributed by atoms with Gasteiger partial charge in [0, 0.05) is 6.20 Å². The zero-order valence-corrected chi connectivity index (χ0v) is 14.0. The lowest BCUT2D eigenvalue weighted by molar-refractivity contribution is 0.404. The van der Waals surface area contributed by atoms with Crippen LogP contribution in [0.3, 0.4) is 0 Å². The highest BCUT2D eigenvalue weighted by Gasteiger charge is 2.22. The molecule has 0 bridgehead atoms. The molecule has 4 nitrogen and oxygen atoms in total. The van der Waals surface area contributed by atoms with E-state index < -0.39 is 0 Å². The van der Waals surface area contributed by atoms with Crippen LogP contribution in [0, 0.1) is 0 Å². The van der Waals surface area contributed by atoms with E-state index in [9.17, 15) is 0 Å². The van der Waals surface area contributed by atoms with Gasteiger partial charge in [0.05, 0.1) is 12.6 Å². The number of aromatic nitrogens is 3. The van der Waals surface area contributed by atoms with Crippen molar-refractivity contribution >= 4 is 21.6 Å². The maximum Gasteiger partial charge on any atom is 0.235 e. The van der Waals surface area contributed by atoms with Crippen LogP contribution in [-0.4, -0.2) is 22.1 Å². The summed E-state index contributed by atoms with van der Waals surface area (Å²) in [5, 5.41) is 2.25. The zero-order valence-electron chi connectivity index (χ0n) is 13.2. The molecule has 0 aliphatic heterocycles. The molecule has 3 aromatic rings. The second kappa shape index (κ2) is 6.24. The number of fused-ring (bicyclic) bond motifs is 1. The van der Waals surface area contributed by atoms with Gasteiger partial charge in [0.1, 0.15) is 10.4 Å². The minimum atomic E-state index is 0.619. The van der Waals surface area contributed by atoms with Gasteiger partial charge in [-0.15, -0.1) is 11.3 Å². The van der Waals surface area contributed by atoms with Crippen molar-refractivity contribution in [3.8, 4) is 17.4 Å². The van der Waals surface area contributed by atoms with Crippen LogP contribution in [0.4, 0.5) is 0 Å². The fourth-order valence-electron chi connectivity index (χ4n) is 3.36. The van der Waals surface area contributed by atoms with Crippen molar-refractivity contribution in [3.05, 3.63) is 35.3 Å². The Morgan fingerprint density at radius 1 is 1.13 bits per heavy atom. The molecule has 1 fully saturated rings. The molecule has 3 aromatic heterocycles. The van der Waals surface area contributed by atoms with Crippen molar-refractivity contribution in [2.24, 2.45) is 0 Å². The molecule has 1 aliphatic carbocycles. The molecular formula is C18H19N3OS. The highest BCUT2D eigenvalue weighted by Crippen LogP contribution is 2.41. The normalized spacial score (nSPS) is 15.9. The Kier molecular flexibility index (Phi) is 3.95. The molecule has 0 atom stereocenters. The van der Waals surface area contributed by atoms with E-state index in [1.807, 2.05) is 18.2 Å². The van der Waals surface area contributed by atoms with Gasteiger partial charge in [0.15, 0.2) is 5.82 Å². The number of ether oxygens (including phenoxy) is 1. The molecule has 0 aromatic carbocycles. The third-order valence-corrected chi connectivity index (χ3v) is 5.52. The fourth-order valence-corrected chi connectivity index (χ4v) is 4.41. The van der Waals surface area contributed by atoms with Crippen LogP contribution in [0.25, 0.3) is 21.7 Å². The Morgan fingerprint density at radius 2 is 2.00 bits per heavy atom. The molecule has 4 rings (SSSR count). The van der Waals surface area contributed by atoms with Crippen LogP contribution in [0.2, 0.25) is 0 Å². The van der Waals surface area contributed by atoms with E-state index in [0.717, 1.165) is 15.9 Å². The molecule has 1 saturated carbocycles. The van der Waals surface area contributed by atoms with E-state index in [0.29, 0.717) is 17.6 Å². The number of methoxy groups -OCH3 is 1. The number of rotatable bonds is 3. The predicted octanol–water partition coefficient (Wildman–Crippen LogP) is 4.81. The topological polar surface area (TPSA) is 47.9 Å². The van der Waals surface area contributed by atoms with Gasteiger partial charge in [-0.1, -0.05) is 25.3 Å². The molecule has 23 heavy (non-hydrogen) atoms. The fraction of sp³-hybridized carbons (Fsp3) is 0.389. The SMILES string of the molecule is COc1nc(-c2ccccn2)nc2c(C3CCCCC3)csc12. The smallest absolute Gasteiger partial charge is 0.235 e. The summed E-state index contributed by atoms with van der Waals surface area (Å²) in [5.41, 5.74) is 3.20. The third-order valence-electron chi connectivity index (χ3n) is 4.54. The molecule has 1 aliphatic rings. The maximum atomic E-state index is 5.52. The second-order valence-electron chi connectivity index (χ2n) is 5.98. The molecular weight excluding hydrogens is 306 g/mol. The van der Waals surface area contributed by atoms with Crippen LogP contribution in [0.1, 0.15) is 43.6 Å². The number of nitrogens with zero attached hydrogens (tertiary/aromatic N) is 3. The maximum absolute atomic E-state index is 5.52. The van der Waals surface area contributed by atoms with Gasteiger partial charge in [-0.05, 0) is 41.8 Å². The number of hydrogen-bond acceptors (Lipinski definition) is 5. The first-order valence-electron chi connectivity index (χ1n) is 8.11. The Labute approximate surface area is 139 Å². The molecule has 0 saturated heterocycles. The summed E-state index contributed by atoms with van der Waals surface area (Å²) in [6, 6.07) is 5.79. The summed E-state index contributed by atoms with van der Waals surface area (Å²) in [4.78, 5) is 13.8. The first-order valence-corrected chi connectivity index (χ1v) is 8.99. The van der Waals surface area contributed by atoms with Gasteiger partial charge in [-0.25, -0.2) is 4.98 Å². The van der Waals surface area contributed by atoms with Crippen molar-refractivity contribution in [2.45, 2.75) is 38.0 Å². The van der Waals surface area contributed by atoms with Crippen molar-refractivity contribution in [2.75, 3.05) is 7.11 Å². The quantitative estimate of drug-likeness (QED) is 0.693. The van der Waals surface area contributed by atoms with Crippen molar-refractivity contribution in [1.82, 2.24) is 15.0 Å². The third kappa shape index (κ3) is 2.70. The van der Waals surface area contributed by atoms with Gasteiger partial charge in [0.25, 0.3) is 0 Å². The van der Waals surface area contributed by atoms with Crippen LogP contribution < -0.4 is 4.74 Å². The Bertz CT molecular complexity index is 810. The molecule has 5 heteroatoms. The lowest BCUT2D eigenvalue weighted by atomic mass is 9.85. The van der Waals surface area contributed by atoms with Crippen LogP contribution >= 0.6 is 11.3 Å². The minimum Gasteiger partial charge on any atom is -0.480 e. The van der Waals surface area contributed by atoms with Gasteiger partial charge in [0.2, 0.25) is 5.88 Å². The zero-order chi connectivity index (χ0) is 15.6. The van der Waals surface area contributed by atoms with Gasteiger partial charge >= 0.3 is 0 Å². The second-order valence-corrected chi connectivity index (χ2v) is 6.85.